The zero-order chi connectivity index (χ0) is 19.5. The Balaban J connectivity index is 2.21. The van der Waals surface area contributed by atoms with Crippen molar-refractivity contribution >= 4 is 15.7 Å². The van der Waals surface area contributed by atoms with E-state index in [0.29, 0.717) is 6.07 Å². The maximum atomic E-state index is 13.8. The molecule has 0 aliphatic rings. The van der Waals surface area contributed by atoms with Crippen LogP contribution in [0.4, 0.5) is 14.5 Å². The summed E-state index contributed by atoms with van der Waals surface area (Å²) in [5.41, 5.74) is 1.97. The van der Waals surface area contributed by atoms with Gasteiger partial charge in [0.05, 0.1) is 20.6 Å². The Labute approximate surface area is 153 Å². The molecule has 1 atom stereocenters. The first kappa shape index (κ1) is 20.3. The minimum atomic E-state index is -4.16. The predicted octanol–water partition coefficient (Wildman–Crippen LogP) is 1.19. The highest BCUT2D eigenvalue weighted by Crippen LogP contribution is 2.18. The second-order valence-corrected chi connectivity index (χ2v) is 8.28. The Morgan fingerprint density at radius 1 is 1.08 bits per heavy atom. The molecule has 0 fully saturated rings. The van der Waals surface area contributed by atoms with Crippen LogP contribution >= 0.6 is 0 Å². The van der Waals surface area contributed by atoms with Crippen LogP contribution in [0.5, 0.6) is 0 Å². The Kier molecular flexibility index (Phi) is 6.33. The lowest BCUT2D eigenvalue weighted by molar-refractivity contribution is -0.890. The van der Waals surface area contributed by atoms with Crippen molar-refractivity contribution < 1.29 is 22.1 Å². The summed E-state index contributed by atoms with van der Waals surface area (Å²) >= 11 is 0. The fourth-order valence-corrected chi connectivity index (χ4v) is 3.75. The summed E-state index contributed by atoms with van der Waals surface area (Å²) in [4.78, 5) is 2.29. The summed E-state index contributed by atoms with van der Waals surface area (Å²) in [6.07, 6.45) is 0. The lowest BCUT2D eigenvalue weighted by Gasteiger charge is -2.23. The number of hydrogen-bond donors (Lipinski definition) is 2. The zero-order valence-corrected chi connectivity index (χ0v) is 16.1. The van der Waals surface area contributed by atoms with E-state index in [0.717, 1.165) is 28.3 Å². The van der Waals surface area contributed by atoms with Crippen molar-refractivity contribution in [3.05, 3.63) is 59.7 Å². The molecule has 0 unspecified atom stereocenters. The third-order valence-electron chi connectivity index (χ3n) is 4.17. The van der Waals surface area contributed by atoms with Crippen LogP contribution in [0.15, 0.2) is 47.4 Å². The van der Waals surface area contributed by atoms with Crippen molar-refractivity contribution in [3.8, 4) is 0 Å². The van der Waals surface area contributed by atoms with Crippen molar-refractivity contribution in [2.24, 2.45) is 0 Å². The van der Waals surface area contributed by atoms with E-state index in [4.69, 9.17) is 0 Å². The average molecular weight is 384 g/mol. The quantitative estimate of drug-likeness (QED) is 0.754. The maximum absolute atomic E-state index is 13.8. The average Bonchev–Trinajstić information content (AvgIpc) is 2.57. The predicted molar refractivity (Wildman–Crippen MR) is 97.9 cm³/mol. The molecule has 0 amide bonds. The number of quaternary nitrogens is 1. The summed E-state index contributed by atoms with van der Waals surface area (Å²) < 4.78 is 54.2. The van der Waals surface area contributed by atoms with E-state index < -0.39 is 26.6 Å². The normalized spacial score (nSPS) is 13.0. The number of sulfonamides is 1. The lowest BCUT2D eigenvalue weighted by Crippen LogP contribution is -3.07. The van der Waals surface area contributed by atoms with Gasteiger partial charge in [-0.05, 0) is 30.3 Å². The number of anilines is 1. The van der Waals surface area contributed by atoms with Crippen LogP contribution < -0.4 is 14.5 Å². The molecule has 0 aliphatic carbocycles. The molecule has 0 aromatic heterocycles. The molecule has 0 aliphatic heterocycles. The Bertz CT molecular complexity index is 853. The zero-order valence-electron chi connectivity index (χ0n) is 15.3. The topological polar surface area (TPSA) is 53.9 Å². The van der Waals surface area contributed by atoms with E-state index >= 15 is 0 Å². The Morgan fingerprint density at radius 2 is 1.69 bits per heavy atom. The van der Waals surface area contributed by atoms with Crippen molar-refractivity contribution in [2.45, 2.75) is 10.9 Å². The van der Waals surface area contributed by atoms with Gasteiger partial charge in [-0.15, -0.1) is 0 Å². The SMILES string of the molecule is CN(C)c1ccc([C@@H](CNS(=O)(=O)c2cc(F)ccc2F)[NH+](C)C)cc1. The molecule has 0 saturated carbocycles. The molecule has 2 rings (SSSR count). The van der Waals surface area contributed by atoms with Crippen LogP contribution in [-0.4, -0.2) is 43.2 Å². The number of hydrogen-bond acceptors (Lipinski definition) is 3. The van der Waals surface area contributed by atoms with Gasteiger partial charge < -0.3 is 9.80 Å². The first-order valence-electron chi connectivity index (χ1n) is 8.14. The van der Waals surface area contributed by atoms with Gasteiger partial charge in [-0.1, -0.05) is 12.1 Å². The van der Waals surface area contributed by atoms with Gasteiger partial charge in [0.15, 0.2) is 0 Å². The molecular formula is C18H24F2N3O2S+. The number of nitrogens with zero attached hydrogens (tertiary/aromatic N) is 1. The van der Waals surface area contributed by atoms with Gasteiger partial charge >= 0.3 is 0 Å². The third kappa shape index (κ3) is 4.78. The largest absolute Gasteiger partial charge is 0.378 e. The van der Waals surface area contributed by atoms with Crippen molar-refractivity contribution in [1.82, 2.24) is 4.72 Å². The van der Waals surface area contributed by atoms with Crippen LogP contribution in [0.25, 0.3) is 0 Å². The Hall–Kier alpha value is -2.03. The molecule has 8 heteroatoms. The highest BCUT2D eigenvalue weighted by molar-refractivity contribution is 7.89. The molecule has 0 saturated heterocycles. The van der Waals surface area contributed by atoms with E-state index in [2.05, 4.69) is 4.72 Å². The fourth-order valence-electron chi connectivity index (χ4n) is 2.61. The molecule has 2 N–H and O–H groups in total. The van der Waals surface area contributed by atoms with Gasteiger partial charge in [0.1, 0.15) is 22.6 Å². The van der Waals surface area contributed by atoms with Gasteiger partial charge in [0.25, 0.3) is 0 Å². The smallest absolute Gasteiger partial charge is 0.243 e. The van der Waals surface area contributed by atoms with E-state index in [-0.39, 0.29) is 12.6 Å². The molecular weight excluding hydrogens is 360 g/mol. The summed E-state index contributed by atoms with van der Waals surface area (Å²) in [6.45, 7) is 0.0575. The molecule has 0 bridgehead atoms. The molecule has 2 aromatic rings. The summed E-state index contributed by atoms with van der Waals surface area (Å²) in [5.74, 6) is -1.79. The second kappa shape index (κ2) is 8.11. The number of likely N-dealkylation sites (N-methyl/N-ethyl adjacent to an activating group) is 1. The van der Waals surface area contributed by atoms with Crippen molar-refractivity contribution in [2.75, 3.05) is 39.6 Å². The number of rotatable bonds is 7. The lowest BCUT2D eigenvalue weighted by atomic mass is 10.1. The van der Waals surface area contributed by atoms with Crippen LogP contribution in [0.3, 0.4) is 0 Å². The van der Waals surface area contributed by atoms with E-state index in [1.54, 1.807) is 0 Å². The first-order valence-corrected chi connectivity index (χ1v) is 9.62. The standard InChI is InChI=1S/C18H23F2N3O2S/c1-22(2)15-8-5-13(6-9-15)17(23(3)4)12-21-26(24,25)18-11-14(19)7-10-16(18)20/h5-11,17,21H,12H2,1-4H3/p+1/t17-/m1/s1. The van der Waals surface area contributed by atoms with E-state index in [1.165, 1.54) is 0 Å². The molecule has 5 nitrogen and oxygen atoms in total. The minimum Gasteiger partial charge on any atom is -0.378 e. The summed E-state index contributed by atoms with van der Waals surface area (Å²) in [5, 5.41) is 0. The third-order valence-corrected chi connectivity index (χ3v) is 5.61. The van der Waals surface area contributed by atoms with Gasteiger partial charge in [-0.2, -0.15) is 0 Å². The molecule has 142 valence electrons. The van der Waals surface area contributed by atoms with Crippen LogP contribution in [0, 0.1) is 11.6 Å². The summed E-state index contributed by atoms with van der Waals surface area (Å²) in [7, 11) is 3.52. The van der Waals surface area contributed by atoms with Gasteiger partial charge in [-0.25, -0.2) is 21.9 Å². The maximum Gasteiger partial charge on any atom is 0.243 e. The number of halogens is 2. The minimum absolute atomic E-state index is 0.0575. The molecule has 2 aromatic carbocycles. The van der Waals surface area contributed by atoms with E-state index in [9.17, 15) is 17.2 Å². The molecule has 26 heavy (non-hydrogen) atoms. The van der Waals surface area contributed by atoms with Crippen molar-refractivity contribution in [1.29, 1.82) is 0 Å². The molecule has 0 radical (unpaired) electrons. The summed E-state index contributed by atoms with van der Waals surface area (Å²) in [6, 6.07) is 9.96. The van der Waals surface area contributed by atoms with Crippen LogP contribution in [0.2, 0.25) is 0 Å². The van der Waals surface area contributed by atoms with Gasteiger partial charge in [0, 0.05) is 25.3 Å². The molecule has 0 heterocycles. The Morgan fingerprint density at radius 3 is 2.23 bits per heavy atom. The van der Waals surface area contributed by atoms with Crippen LogP contribution in [0.1, 0.15) is 11.6 Å². The number of nitrogens with one attached hydrogen (secondary N) is 2. The monoisotopic (exact) mass is 384 g/mol. The van der Waals surface area contributed by atoms with Crippen LogP contribution in [-0.2, 0) is 10.0 Å². The van der Waals surface area contributed by atoms with E-state index in [1.807, 2.05) is 57.4 Å². The molecule has 0 spiro atoms. The highest BCUT2D eigenvalue weighted by atomic mass is 32.2. The highest BCUT2D eigenvalue weighted by Gasteiger charge is 2.24. The van der Waals surface area contributed by atoms with Crippen molar-refractivity contribution in [3.63, 3.8) is 0 Å². The first-order chi connectivity index (χ1) is 12.1. The van der Waals surface area contributed by atoms with Gasteiger partial charge in [-0.3, -0.25) is 0 Å². The number of benzene rings is 2. The fraction of sp³-hybridized carbons (Fsp3) is 0.333. The second-order valence-electron chi connectivity index (χ2n) is 6.54. The van der Waals surface area contributed by atoms with Gasteiger partial charge in [0.2, 0.25) is 10.0 Å².